The van der Waals surface area contributed by atoms with Gasteiger partial charge in [-0.15, -0.1) is 0 Å². The zero-order valence-electron chi connectivity index (χ0n) is 7.96. The van der Waals surface area contributed by atoms with Gasteiger partial charge >= 0.3 is 6.01 Å². The second-order valence-corrected chi connectivity index (χ2v) is 2.95. The van der Waals surface area contributed by atoms with E-state index in [0.717, 1.165) is 18.5 Å². The molecule has 1 aromatic rings. The highest BCUT2D eigenvalue weighted by atomic mass is 16.4. The molecule has 0 saturated carbocycles. The van der Waals surface area contributed by atoms with Crippen LogP contribution in [-0.2, 0) is 4.79 Å². The fraction of sp³-hybridized carbons (Fsp3) is 0.556. The maximum atomic E-state index is 11.2. The number of amides is 1. The largest absolute Gasteiger partial charge is 0.432 e. The van der Waals surface area contributed by atoms with E-state index in [-0.39, 0.29) is 5.91 Å². The summed E-state index contributed by atoms with van der Waals surface area (Å²) in [6.45, 7) is 3.85. The van der Waals surface area contributed by atoms with E-state index in [9.17, 15) is 4.79 Å². The van der Waals surface area contributed by atoms with Gasteiger partial charge in [-0.05, 0) is 13.3 Å². The fourth-order valence-corrected chi connectivity index (χ4v) is 0.930. The van der Waals surface area contributed by atoms with E-state index in [1.165, 1.54) is 6.26 Å². The van der Waals surface area contributed by atoms with Crippen molar-refractivity contribution in [2.45, 2.75) is 33.1 Å². The summed E-state index contributed by atoms with van der Waals surface area (Å²) >= 11 is 0. The molecule has 1 rings (SSSR count). The molecule has 0 bridgehead atoms. The van der Waals surface area contributed by atoms with Gasteiger partial charge in [0.05, 0.1) is 5.69 Å². The third-order valence-corrected chi connectivity index (χ3v) is 1.62. The fourth-order valence-electron chi connectivity index (χ4n) is 0.930. The van der Waals surface area contributed by atoms with Crippen molar-refractivity contribution >= 4 is 11.9 Å². The number of aromatic nitrogens is 1. The topological polar surface area (TPSA) is 55.1 Å². The zero-order chi connectivity index (χ0) is 9.68. The van der Waals surface area contributed by atoms with E-state index in [1.54, 1.807) is 0 Å². The van der Waals surface area contributed by atoms with Crippen molar-refractivity contribution in [1.82, 2.24) is 4.98 Å². The summed E-state index contributed by atoms with van der Waals surface area (Å²) in [7, 11) is 0. The number of carbonyl (C=O) groups excluding carboxylic acids is 1. The van der Waals surface area contributed by atoms with E-state index in [1.807, 2.05) is 13.8 Å². The first-order chi connectivity index (χ1) is 6.22. The quantitative estimate of drug-likeness (QED) is 0.775. The predicted octanol–water partition coefficient (Wildman–Crippen LogP) is 2.11. The monoisotopic (exact) mass is 182 g/mol. The first-order valence-corrected chi connectivity index (χ1v) is 4.44. The highest BCUT2D eigenvalue weighted by Gasteiger charge is 2.05. The predicted molar refractivity (Wildman–Crippen MR) is 49.4 cm³/mol. The van der Waals surface area contributed by atoms with Gasteiger partial charge in [-0.25, -0.2) is 0 Å². The summed E-state index contributed by atoms with van der Waals surface area (Å²) < 4.78 is 4.97. The van der Waals surface area contributed by atoms with Crippen LogP contribution in [0.15, 0.2) is 10.7 Å². The van der Waals surface area contributed by atoms with Gasteiger partial charge in [0.25, 0.3) is 0 Å². The summed E-state index contributed by atoms with van der Waals surface area (Å²) in [5.41, 5.74) is 0.769. The van der Waals surface area contributed by atoms with Gasteiger partial charge in [0.1, 0.15) is 6.26 Å². The van der Waals surface area contributed by atoms with Crippen LogP contribution in [0.5, 0.6) is 0 Å². The maximum Gasteiger partial charge on any atom is 0.301 e. The van der Waals surface area contributed by atoms with Crippen LogP contribution in [0.1, 0.15) is 31.9 Å². The molecular weight excluding hydrogens is 168 g/mol. The summed E-state index contributed by atoms with van der Waals surface area (Å²) in [6.07, 6.45) is 3.94. The Labute approximate surface area is 77.3 Å². The Kier molecular flexibility index (Phi) is 3.49. The third kappa shape index (κ3) is 3.27. The number of nitrogens with zero attached hydrogens (tertiary/aromatic N) is 1. The molecule has 1 aromatic heterocycles. The van der Waals surface area contributed by atoms with Gasteiger partial charge in [-0.3, -0.25) is 10.1 Å². The van der Waals surface area contributed by atoms with E-state index >= 15 is 0 Å². The first kappa shape index (κ1) is 9.77. The van der Waals surface area contributed by atoms with Gasteiger partial charge in [-0.2, -0.15) is 4.98 Å². The molecule has 1 N–H and O–H groups in total. The molecule has 13 heavy (non-hydrogen) atoms. The Bertz CT molecular complexity index is 281. The molecule has 0 radical (unpaired) electrons. The molecule has 4 heteroatoms. The lowest BCUT2D eigenvalue weighted by molar-refractivity contribution is -0.116. The Morgan fingerprint density at radius 3 is 3.00 bits per heavy atom. The van der Waals surface area contributed by atoms with Crippen molar-refractivity contribution in [2.24, 2.45) is 0 Å². The number of rotatable bonds is 4. The summed E-state index contributed by atoms with van der Waals surface area (Å²) in [5, 5.41) is 2.58. The molecule has 0 aliphatic heterocycles. The third-order valence-electron chi connectivity index (χ3n) is 1.62. The molecule has 0 unspecified atom stereocenters. The first-order valence-electron chi connectivity index (χ1n) is 4.44. The van der Waals surface area contributed by atoms with Crippen molar-refractivity contribution in [1.29, 1.82) is 0 Å². The molecule has 72 valence electrons. The highest BCUT2D eigenvalue weighted by molar-refractivity contribution is 5.88. The molecule has 0 atom stereocenters. The van der Waals surface area contributed by atoms with E-state index in [0.29, 0.717) is 12.4 Å². The van der Waals surface area contributed by atoms with Gasteiger partial charge in [-0.1, -0.05) is 13.3 Å². The van der Waals surface area contributed by atoms with Crippen LogP contribution in [0.4, 0.5) is 6.01 Å². The number of hydrogen-bond acceptors (Lipinski definition) is 3. The highest BCUT2D eigenvalue weighted by Crippen LogP contribution is 2.06. The molecule has 0 aliphatic rings. The van der Waals surface area contributed by atoms with Crippen molar-refractivity contribution < 1.29 is 9.21 Å². The molecule has 1 heterocycles. The summed E-state index contributed by atoms with van der Waals surface area (Å²) in [4.78, 5) is 15.1. The van der Waals surface area contributed by atoms with E-state index in [2.05, 4.69) is 10.3 Å². The van der Waals surface area contributed by atoms with Gasteiger partial charge in [0.2, 0.25) is 5.91 Å². The molecule has 0 fully saturated rings. The average molecular weight is 182 g/mol. The number of anilines is 1. The average Bonchev–Trinajstić information content (AvgIpc) is 2.48. The lowest BCUT2D eigenvalue weighted by Gasteiger charge is -1.97. The zero-order valence-corrected chi connectivity index (χ0v) is 7.96. The molecule has 1 amide bonds. The number of oxazole rings is 1. The SMILES string of the molecule is CCCCC(=O)Nc1nc(C)co1. The number of hydrogen-bond donors (Lipinski definition) is 1. The minimum Gasteiger partial charge on any atom is -0.432 e. The molecule has 4 nitrogen and oxygen atoms in total. The minimum absolute atomic E-state index is 0.0382. The molecular formula is C9H14N2O2. The number of unbranched alkanes of at least 4 members (excludes halogenated alkanes) is 1. The van der Waals surface area contributed by atoms with Crippen molar-refractivity contribution in [3.05, 3.63) is 12.0 Å². The smallest absolute Gasteiger partial charge is 0.301 e. The lowest BCUT2D eigenvalue weighted by atomic mass is 10.2. The van der Waals surface area contributed by atoms with Crippen LogP contribution >= 0.6 is 0 Å². The Morgan fingerprint density at radius 2 is 2.46 bits per heavy atom. The second-order valence-electron chi connectivity index (χ2n) is 2.95. The van der Waals surface area contributed by atoms with E-state index in [4.69, 9.17) is 4.42 Å². The van der Waals surface area contributed by atoms with Crippen LogP contribution < -0.4 is 5.32 Å². The Balaban J connectivity index is 2.36. The number of nitrogens with one attached hydrogen (secondary N) is 1. The molecule has 0 aliphatic carbocycles. The van der Waals surface area contributed by atoms with Crippen LogP contribution in [0, 0.1) is 6.92 Å². The van der Waals surface area contributed by atoms with Crippen LogP contribution in [0.25, 0.3) is 0 Å². The summed E-state index contributed by atoms with van der Waals surface area (Å²) in [6, 6.07) is 0.290. The standard InChI is InChI=1S/C9H14N2O2/c1-3-4-5-8(12)11-9-10-7(2)6-13-9/h6H,3-5H2,1-2H3,(H,10,11,12). The second kappa shape index (κ2) is 4.64. The Hall–Kier alpha value is -1.32. The number of aryl methyl sites for hydroxylation is 1. The van der Waals surface area contributed by atoms with Gasteiger partial charge in [0.15, 0.2) is 0 Å². The van der Waals surface area contributed by atoms with Crippen molar-refractivity contribution in [3.63, 3.8) is 0 Å². The van der Waals surface area contributed by atoms with Crippen LogP contribution in [0.3, 0.4) is 0 Å². The number of carbonyl (C=O) groups is 1. The van der Waals surface area contributed by atoms with E-state index < -0.39 is 0 Å². The molecule has 0 saturated heterocycles. The molecule has 0 spiro atoms. The maximum absolute atomic E-state index is 11.2. The van der Waals surface area contributed by atoms with Gasteiger partial charge in [0, 0.05) is 6.42 Å². The minimum atomic E-state index is -0.0382. The van der Waals surface area contributed by atoms with Crippen molar-refractivity contribution in [3.8, 4) is 0 Å². The van der Waals surface area contributed by atoms with Crippen LogP contribution in [0.2, 0.25) is 0 Å². The van der Waals surface area contributed by atoms with Crippen LogP contribution in [-0.4, -0.2) is 10.9 Å². The van der Waals surface area contributed by atoms with Gasteiger partial charge < -0.3 is 4.42 Å². The molecule has 0 aromatic carbocycles. The normalized spacial score (nSPS) is 10.0. The lowest BCUT2D eigenvalue weighted by Crippen LogP contribution is -2.11. The summed E-state index contributed by atoms with van der Waals surface area (Å²) in [5.74, 6) is -0.0382. The Morgan fingerprint density at radius 1 is 1.69 bits per heavy atom. The van der Waals surface area contributed by atoms with Crippen molar-refractivity contribution in [2.75, 3.05) is 5.32 Å².